The smallest absolute Gasteiger partial charge is 0.189 e. The summed E-state index contributed by atoms with van der Waals surface area (Å²) in [7, 11) is 0. The van der Waals surface area contributed by atoms with Gasteiger partial charge in [0, 0.05) is 17.0 Å². The molecule has 2 N–H and O–H groups in total. The third-order valence-corrected chi connectivity index (χ3v) is 1.87. The third-order valence-electron chi connectivity index (χ3n) is 1.87. The van der Waals surface area contributed by atoms with Crippen molar-refractivity contribution in [1.82, 2.24) is 4.98 Å². The molecule has 0 saturated heterocycles. The van der Waals surface area contributed by atoms with Gasteiger partial charge in [-0.25, -0.2) is 0 Å². The van der Waals surface area contributed by atoms with Crippen LogP contribution >= 0.6 is 0 Å². The zero-order valence-electron chi connectivity index (χ0n) is 6.26. The second kappa shape index (κ2) is 2.02. The zero-order valence-corrected chi connectivity index (χ0v) is 6.26. The van der Waals surface area contributed by atoms with Crippen LogP contribution in [0.2, 0.25) is 0 Å². The Hall–Kier alpha value is -1.44. The maximum atomic E-state index is 9.12. The lowest BCUT2D eigenvalue weighted by Crippen LogP contribution is -1.71. The van der Waals surface area contributed by atoms with Gasteiger partial charge >= 0.3 is 0 Å². The molecule has 56 valence electrons. The molecule has 0 unspecified atom stereocenters. The second-order valence-corrected chi connectivity index (χ2v) is 2.69. The largest absolute Gasteiger partial charge is 0.495 e. The SMILES string of the molecule is Cc1cccc2[nH]c(O)cc12. The van der Waals surface area contributed by atoms with Crippen molar-refractivity contribution < 1.29 is 5.11 Å². The fourth-order valence-electron chi connectivity index (χ4n) is 1.29. The topological polar surface area (TPSA) is 36.0 Å². The molecule has 0 saturated carbocycles. The van der Waals surface area contributed by atoms with Crippen molar-refractivity contribution >= 4 is 10.9 Å². The predicted molar refractivity (Wildman–Crippen MR) is 44.7 cm³/mol. The summed E-state index contributed by atoms with van der Waals surface area (Å²) in [4.78, 5) is 2.85. The zero-order chi connectivity index (χ0) is 7.84. The van der Waals surface area contributed by atoms with E-state index in [4.69, 9.17) is 5.11 Å². The minimum Gasteiger partial charge on any atom is -0.495 e. The van der Waals surface area contributed by atoms with Gasteiger partial charge in [0.2, 0.25) is 0 Å². The Balaban J connectivity index is 2.90. The monoisotopic (exact) mass is 147 g/mol. The Morgan fingerprint density at radius 2 is 2.18 bits per heavy atom. The van der Waals surface area contributed by atoms with E-state index < -0.39 is 0 Å². The molecular formula is C9H9NO. The number of H-pyrrole nitrogens is 1. The molecule has 0 aliphatic heterocycles. The van der Waals surface area contributed by atoms with Gasteiger partial charge < -0.3 is 10.1 Å². The third kappa shape index (κ3) is 0.871. The van der Waals surface area contributed by atoms with Crippen LogP contribution in [-0.4, -0.2) is 10.1 Å². The van der Waals surface area contributed by atoms with E-state index in [1.165, 1.54) is 5.56 Å². The molecule has 0 bridgehead atoms. The Morgan fingerprint density at radius 1 is 1.36 bits per heavy atom. The molecule has 1 aromatic heterocycles. The Morgan fingerprint density at radius 3 is 2.91 bits per heavy atom. The summed E-state index contributed by atoms with van der Waals surface area (Å²) in [5, 5.41) is 10.2. The molecule has 2 heteroatoms. The lowest BCUT2D eigenvalue weighted by Gasteiger charge is -1.91. The van der Waals surface area contributed by atoms with E-state index in [0.717, 1.165) is 10.9 Å². The van der Waals surface area contributed by atoms with Gasteiger partial charge in [0.1, 0.15) is 0 Å². The number of nitrogens with one attached hydrogen (secondary N) is 1. The van der Waals surface area contributed by atoms with E-state index in [9.17, 15) is 0 Å². The van der Waals surface area contributed by atoms with Crippen LogP contribution in [0.1, 0.15) is 5.56 Å². The summed E-state index contributed by atoms with van der Waals surface area (Å²) in [5.41, 5.74) is 2.17. The summed E-state index contributed by atoms with van der Waals surface area (Å²) in [5.74, 6) is 0.231. The number of hydrogen-bond donors (Lipinski definition) is 2. The van der Waals surface area contributed by atoms with E-state index in [1.807, 2.05) is 25.1 Å². The molecule has 0 aliphatic rings. The van der Waals surface area contributed by atoms with Gasteiger partial charge in [0.25, 0.3) is 0 Å². The Labute approximate surface area is 64.5 Å². The number of aromatic nitrogens is 1. The number of rotatable bonds is 0. The molecule has 0 aliphatic carbocycles. The van der Waals surface area contributed by atoms with Crippen molar-refractivity contribution in [1.29, 1.82) is 0 Å². The quantitative estimate of drug-likeness (QED) is 0.588. The van der Waals surface area contributed by atoms with Crippen molar-refractivity contribution in [2.45, 2.75) is 6.92 Å². The van der Waals surface area contributed by atoms with Crippen LogP contribution in [0.15, 0.2) is 24.3 Å². The van der Waals surface area contributed by atoms with Gasteiger partial charge in [-0.2, -0.15) is 0 Å². The van der Waals surface area contributed by atoms with Gasteiger partial charge in [0.15, 0.2) is 5.88 Å². The van der Waals surface area contributed by atoms with Crippen molar-refractivity contribution in [2.24, 2.45) is 0 Å². The molecular weight excluding hydrogens is 138 g/mol. The average molecular weight is 147 g/mol. The fraction of sp³-hybridized carbons (Fsp3) is 0.111. The normalized spacial score (nSPS) is 10.6. The number of benzene rings is 1. The summed E-state index contributed by atoms with van der Waals surface area (Å²) in [6.45, 7) is 2.02. The highest BCUT2D eigenvalue weighted by molar-refractivity contribution is 5.84. The van der Waals surface area contributed by atoms with Crippen molar-refractivity contribution in [3.8, 4) is 5.88 Å². The molecule has 0 amide bonds. The maximum absolute atomic E-state index is 9.12. The highest BCUT2D eigenvalue weighted by Crippen LogP contribution is 2.21. The van der Waals surface area contributed by atoms with E-state index in [1.54, 1.807) is 6.07 Å². The minimum absolute atomic E-state index is 0.231. The van der Waals surface area contributed by atoms with Gasteiger partial charge in [-0.3, -0.25) is 0 Å². The summed E-state index contributed by atoms with van der Waals surface area (Å²) in [6.07, 6.45) is 0. The van der Waals surface area contributed by atoms with E-state index in [-0.39, 0.29) is 5.88 Å². The van der Waals surface area contributed by atoms with Gasteiger partial charge in [-0.1, -0.05) is 12.1 Å². The van der Waals surface area contributed by atoms with Crippen LogP contribution in [-0.2, 0) is 0 Å². The predicted octanol–water partition coefficient (Wildman–Crippen LogP) is 2.18. The van der Waals surface area contributed by atoms with Gasteiger partial charge in [-0.15, -0.1) is 0 Å². The molecule has 0 radical (unpaired) electrons. The lowest BCUT2D eigenvalue weighted by molar-refractivity contribution is 0.458. The fourth-order valence-corrected chi connectivity index (χ4v) is 1.29. The summed E-state index contributed by atoms with van der Waals surface area (Å²) >= 11 is 0. The molecule has 0 spiro atoms. The molecule has 1 aromatic carbocycles. The first kappa shape index (κ1) is 6.28. The number of aromatic amines is 1. The van der Waals surface area contributed by atoms with Crippen LogP contribution in [0.3, 0.4) is 0 Å². The van der Waals surface area contributed by atoms with Gasteiger partial charge in [-0.05, 0) is 18.6 Å². The van der Waals surface area contributed by atoms with Crippen LogP contribution in [0.4, 0.5) is 0 Å². The number of hydrogen-bond acceptors (Lipinski definition) is 1. The highest BCUT2D eigenvalue weighted by Gasteiger charge is 1.99. The number of aryl methyl sites for hydroxylation is 1. The van der Waals surface area contributed by atoms with Crippen molar-refractivity contribution in [3.63, 3.8) is 0 Å². The highest BCUT2D eigenvalue weighted by atomic mass is 16.3. The summed E-state index contributed by atoms with van der Waals surface area (Å²) in [6, 6.07) is 7.68. The number of aromatic hydroxyl groups is 1. The molecule has 0 atom stereocenters. The molecule has 2 rings (SSSR count). The molecule has 0 fully saturated rings. The van der Waals surface area contributed by atoms with Crippen molar-refractivity contribution in [2.75, 3.05) is 0 Å². The minimum atomic E-state index is 0.231. The molecule has 11 heavy (non-hydrogen) atoms. The van der Waals surface area contributed by atoms with E-state index in [2.05, 4.69) is 4.98 Å². The first-order chi connectivity index (χ1) is 5.27. The van der Waals surface area contributed by atoms with Crippen LogP contribution in [0, 0.1) is 6.92 Å². The lowest BCUT2D eigenvalue weighted by atomic mass is 10.1. The second-order valence-electron chi connectivity index (χ2n) is 2.69. The standard InChI is InChI=1S/C9H9NO/c1-6-3-2-4-8-7(6)5-9(11)10-8/h2-5,10-11H,1H3. The molecule has 2 aromatic rings. The van der Waals surface area contributed by atoms with Crippen molar-refractivity contribution in [3.05, 3.63) is 29.8 Å². The van der Waals surface area contributed by atoms with Crippen LogP contribution in [0.25, 0.3) is 10.9 Å². The van der Waals surface area contributed by atoms with Crippen LogP contribution < -0.4 is 0 Å². The Kier molecular flexibility index (Phi) is 1.15. The first-order valence-electron chi connectivity index (χ1n) is 3.54. The van der Waals surface area contributed by atoms with Gasteiger partial charge in [0.05, 0.1) is 0 Å². The Bertz CT molecular complexity index is 389. The molecule has 1 heterocycles. The average Bonchev–Trinajstić information content (AvgIpc) is 2.31. The summed E-state index contributed by atoms with van der Waals surface area (Å²) < 4.78 is 0. The maximum Gasteiger partial charge on any atom is 0.189 e. The van der Waals surface area contributed by atoms with E-state index >= 15 is 0 Å². The van der Waals surface area contributed by atoms with Crippen LogP contribution in [0.5, 0.6) is 5.88 Å². The first-order valence-corrected chi connectivity index (χ1v) is 3.54. The molecule has 2 nitrogen and oxygen atoms in total. The van der Waals surface area contributed by atoms with E-state index in [0.29, 0.717) is 0 Å². The number of fused-ring (bicyclic) bond motifs is 1.